The van der Waals surface area contributed by atoms with Gasteiger partial charge in [0.05, 0.1) is 0 Å². The minimum Gasteiger partial charge on any atom is -0.341 e. The summed E-state index contributed by atoms with van der Waals surface area (Å²) in [6, 6.07) is 4.97. The monoisotopic (exact) mass is 275 g/mol. The van der Waals surface area contributed by atoms with E-state index in [1.165, 1.54) is 10.6 Å². The Balaban J connectivity index is 1.63. The molecule has 0 spiro atoms. The number of hydrogen-bond donors (Lipinski definition) is 1. The first-order valence-electron chi connectivity index (χ1n) is 7.38. The second-order valence-electron chi connectivity index (χ2n) is 5.80. The summed E-state index contributed by atoms with van der Waals surface area (Å²) in [5, 5.41) is 3.43. The first kappa shape index (κ1) is 13.4. The average molecular weight is 275 g/mol. The molecule has 108 valence electrons. The van der Waals surface area contributed by atoms with Gasteiger partial charge in [-0.3, -0.25) is 9.59 Å². The summed E-state index contributed by atoms with van der Waals surface area (Å²) in [5.41, 5.74) is -0.114. The number of aromatic nitrogens is 1. The van der Waals surface area contributed by atoms with Gasteiger partial charge in [0.15, 0.2) is 0 Å². The summed E-state index contributed by atoms with van der Waals surface area (Å²) in [6.45, 7) is 3.98. The summed E-state index contributed by atoms with van der Waals surface area (Å²) < 4.78 is 1.48. The smallest absolute Gasteiger partial charge is 0.250 e. The van der Waals surface area contributed by atoms with Gasteiger partial charge in [0.25, 0.3) is 5.56 Å². The van der Waals surface area contributed by atoms with Crippen LogP contribution in [-0.4, -0.2) is 41.6 Å². The van der Waals surface area contributed by atoms with Crippen LogP contribution in [-0.2, 0) is 11.3 Å². The molecule has 0 radical (unpaired) electrons. The molecule has 1 aromatic rings. The van der Waals surface area contributed by atoms with Crippen LogP contribution in [0.2, 0.25) is 0 Å². The lowest BCUT2D eigenvalue weighted by atomic mass is 9.92. The van der Waals surface area contributed by atoms with Crippen molar-refractivity contribution < 1.29 is 4.79 Å². The molecule has 0 aliphatic carbocycles. The SMILES string of the molecule is O=C(Cn1ccccc1=O)N1CC[C@@H]2CNC[C@@H]2CC1. The number of rotatable bonds is 2. The maximum atomic E-state index is 12.3. The van der Waals surface area contributed by atoms with E-state index in [2.05, 4.69) is 5.32 Å². The van der Waals surface area contributed by atoms with Crippen LogP contribution < -0.4 is 10.9 Å². The number of nitrogens with zero attached hydrogens (tertiary/aromatic N) is 2. The van der Waals surface area contributed by atoms with Crippen LogP contribution in [0, 0.1) is 11.8 Å². The Kier molecular flexibility index (Phi) is 3.87. The molecule has 20 heavy (non-hydrogen) atoms. The van der Waals surface area contributed by atoms with E-state index < -0.39 is 0 Å². The van der Waals surface area contributed by atoms with Crippen LogP contribution in [0.15, 0.2) is 29.2 Å². The number of pyridine rings is 1. The maximum Gasteiger partial charge on any atom is 0.250 e. The fourth-order valence-electron chi connectivity index (χ4n) is 3.30. The first-order chi connectivity index (χ1) is 9.74. The number of likely N-dealkylation sites (tertiary alicyclic amines) is 1. The molecule has 1 N–H and O–H groups in total. The Morgan fingerprint density at radius 3 is 2.55 bits per heavy atom. The summed E-state index contributed by atoms with van der Waals surface area (Å²) in [7, 11) is 0. The normalized spacial score (nSPS) is 26.1. The van der Waals surface area contributed by atoms with E-state index in [0.29, 0.717) is 11.8 Å². The zero-order valence-electron chi connectivity index (χ0n) is 11.6. The molecule has 3 rings (SSSR count). The average Bonchev–Trinajstić information content (AvgIpc) is 2.80. The third-order valence-electron chi connectivity index (χ3n) is 4.58. The molecule has 2 atom stereocenters. The molecule has 0 saturated carbocycles. The molecular formula is C15H21N3O2. The fourth-order valence-corrected chi connectivity index (χ4v) is 3.30. The highest BCUT2D eigenvalue weighted by Crippen LogP contribution is 2.27. The molecule has 2 saturated heterocycles. The Morgan fingerprint density at radius 2 is 1.90 bits per heavy atom. The van der Waals surface area contributed by atoms with E-state index in [0.717, 1.165) is 39.0 Å². The standard InChI is InChI=1S/C15H21N3O2/c19-14-3-1-2-6-18(14)11-15(20)17-7-4-12-9-16-10-13(12)5-8-17/h1-3,6,12-13,16H,4-5,7-11H2/t12-,13+. The van der Waals surface area contributed by atoms with Crippen molar-refractivity contribution in [2.24, 2.45) is 11.8 Å². The van der Waals surface area contributed by atoms with E-state index in [-0.39, 0.29) is 18.0 Å². The van der Waals surface area contributed by atoms with Gasteiger partial charge in [-0.25, -0.2) is 0 Å². The molecule has 0 bridgehead atoms. The van der Waals surface area contributed by atoms with E-state index in [4.69, 9.17) is 0 Å². The zero-order valence-corrected chi connectivity index (χ0v) is 11.6. The Morgan fingerprint density at radius 1 is 1.20 bits per heavy atom. The lowest BCUT2D eigenvalue weighted by Gasteiger charge is -2.21. The van der Waals surface area contributed by atoms with Crippen molar-refractivity contribution >= 4 is 5.91 Å². The van der Waals surface area contributed by atoms with E-state index in [1.54, 1.807) is 18.3 Å². The molecule has 1 amide bonds. The van der Waals surface area contributed by atoms with Gasteiger partial charge in [-0.05, 0) is 43.8 Å². The van der Waals surface area contributed by atoms with Gasteiger partial charge in [-0.2, -0.15) is 0 Å². The fraction of sp³-hybridized carbons (Fsp3) is 0.600. The van der Waals surface area contributed by atoms with E-state index >= 15 is 0 Å². The third-order valence-corrected chi connectivity index (χ3v) is 4.58. The van der Waals surface area contributed by atoms with Crippen molar-refractivity contribution in [3.8, 4) is 0 Å². The number of carbonyl (C=O) groups excluding carboxylic acids is 1. The Bertz CT molecular complexity index is 526. The number of fused-ring (bicyclic) bond motifs is 1. The third kappa shape index (κ3) is 2.77. The van der Waals surface area contributed by atoms with Crippen LogP contribution in [0.1, 0.15) is 12.8 Å². The molecule has 5 heteroatoms. The number of nitrogens with one attached hydrogen (secondary N) is 1. The molecule has 0 aromatic carbocycles. The van der Waals surface area contributed by atoms with Crippen LogP contribution in [0.4, 0.5) is 0 Å². The topological polar surface area (TPSA) is 54.3 Å². The summed E-state index contributed by atoms with van der Waals surface area (Å²) in [4.78, 5) is 25.9. The second kappa shape index (κ2) is 5.79. The summed E-state index contributed by atoms with van der Waals surface area (Å²) >= 11 is 0. The molecule has 3 heterocycles. The Labute approximate surface area is 118 Å². The highest BCUT2D eigenvalue weighted by Gasteiger charge is 2.31. The molecule has 0 unspecified atom stereocenters. The number of hydrogen-bond acceptors (Lipinski definition) is 3. The molecular weight excluding hydrogens is 254 g/mol. The maximum absolute atomic E-state index is 12.3. The lowest BCUT2D eigenvalue weighted by Crippen LogP contribution is -2.37. The summed E-state index contributed by atoms with van der Waals surface area (Å²) in [5.74, 6) is 1.49. The lowest BCUT2D eigenvalue weighted by molar-refractivity contribution is -0.131. The van der Waals surface area contributed by atoms with Crippen LogP contribution in [0.3, 0.4) is 0 Å². The highest BCUT2D eigenvalue weighted by molar-refractivity contribution is 5.76. The minimum atomic E-state index is -0.114. The Hall–Kier alpha value is -1.62. The van der Waals surface area contributed by atoms with E-state index in [9.17, 15) is 9.59 Å². The molecule has 2 fully saturated rings. The van der Waals surface area contributed by atoms with E-state index in [1.807, 2.05) is 4.90 Å². The molecule has 5 nitrogen and oxygen atoms in total. The van der Waals surface area contributed by atoms with Gasteiger partial charge >= 0.3 is 0 Å². The van der Waals surface area contributed by atoms with Crippen molar-refractivity contribution in [3.63, 3.8) is 0 Å². The van der Waals surface area contributed by atoms with Crippen molar-refractivity contribution in [1.29, 1.82) is 0 Å². The zero-order chi connectivity index (χ0) is 13.9. The van der Waals surface area contributed by atoms with Gasteiger partial charge in [0.2, 0.25) is 5.91 Å². The van der Waals surface area contributed by atoms with Crippen molar-refractivity contribution in [1.82, 2.24) is 14.8 Å². The van der Waals surface area contributed by atoms with Gasteiger partial charge < -0.3 is 14.8 Å². The minimum absolute atomic E-state index is 0.0613. The van der Waals surface area contributed by atoms with Crippen LogP contribution >= 0.6 is 0 Å². The predicted molar refractivity (Wildman–Crippen MR) is 76.4 cm³/mol. The predicted octanol–water partition coefficient (Wildman–Crippen LogP) is 0.306. The molecule has 1 aromatic heterocycles. The highest BCUT2D eigenvalue weighted by atomic mass is 16.2. The van der Waals surface area contributed by atoms with Gasteiger partial charge in [0, 0.05) is 25.4 Å². The van der Waals surface area contributed by atoms with Crippen LogP contribution in [0.25, 0.3) is 0 Å². The van der Waals surface area contributed by atoms with Gasteiger partial charge in [-0.1, -0.05) is 6.07 Å². The largest absolute Gasteiger partial charge is 0.341 e. The van der Waals surface area contributed by atoms with Crippen molar-refractivity contribution in [2.45, 2.75) is 19.4 Å². The molecule has 2 aliphatic heterocycles. The van der Waals surface area contributed by atoms with Crippen molar-refractivity contribution in [2.75, 3.05) is 26.2 Å². The quantitative estimate of drug-likeness (QED) is 0.845. The van der Waals surface area contributed by atoms with Gasteiger partial charge in [-0.15, -0.1) is 0 Å². The summed E-state index contributed by atoms with van der Waals surface area (Å²) in [6.07, 6.45) is 3.83. The van der Waals surface area contributed by atoms with Crippen LogP contribution in [0.5, 0.6) is 0 Å². The number of carbonyl (C=O) groups is 1. The first-order valence-corrected chi connectivity index (χ1v) is 7.38. The van der Waals surface area contributed by atoms with Gasteiger partial charge in [0.1, 0.15) is 6.54 Å². The number of amides is 1. The second-order valence-corrected chi connectivity index (χ2v) is 5.80. The molecule has 2 aliphatic rings. The van der Waals surface area contributed by atoms with Crippen molar-refractivity contribution in [3.05, 3.63) is 34.7 Å².